The normalized spacial score (nSPS) is 39.2. The van der Waals surface area contributed by atoms with E-state index in [1.807, 2.05) is 11.8 Å². The Morgan fingerprint density at radius 3 is 3.40 bits per heavy atom. The Kier molecular flexibility index (Phi) is 2.00. The second kappa shape index (κ2) is 2.97. The van der Waals surface area contributed by atoms with Gasteiger partial charge in [0.05, 0.1) is 12.7 Å². The van der Waals surface area contributed by atoms with Gasteiger partial charge in [0.15, 0.2) is 0 Å². The lowest BCUT2D eigenvalue weighted by Crippen LogP contribution is -2.31. The number of rotatable bonds is 0. The second-order valence-electron chi connectivity index (χ2n) is 2.83. The van der Waals surface area contributed by atoms with Crippen LogP contribution in [-0.4, -0.2) is 24.2 Å². The number of hydrogen-bond acceptors (Lipinski definition) is 2. The van der Waals surface area contributed by atoms with E-state index in [1.54, 1.807) is 0 Å². The van der Waals surface area contributed by atoms with Crippen molar-refractivity contribution in [2.24, 2.45) is 5.92 Å². The molecular weight excluding hydrogens is 144 g/mol. The lowest BCUT2D eigenvalue weighted by Gasteiger charge is -2.31. The summed E-state index contributed by atoms with van der Waals surface area (Å²) in [6.45, 7) is 0.839. The van der Waals surface area contributed by atoms with E-state index in [0.29, 0.717) is 12.0 Å². The molecule has 2 aliphatic rings. The number of ether oxygens (including phenoxy) is 1. The van der Waals surface area contributed by atoms with Crippen molar-refractivity contribution in [1.29, 1.82) is 0 Å². The lowest BCUT2D eigenvalue weighted by atomic mass is 9.99. The summed E-state index contributed by atoms with van der Waals surface area (Å²) in [4.78, 5) is 0. The predicted octanol–water partition coefficient (Wildman–Crippen LogP) is 1.69. The van der Waals surface area contributed by atoms with Crippen LogP contribution in [0.1, 0.15) is 6.42 Å². The Bertz CT molecular complexity index is 144. The third-order valence-electron chi connectivity index (χ3n) is 2.12. The molecule has 0 aromatic rings. The molecule has 0 bridgehead atoms. The van der Waals surface area contributed by atoms with Crippen LogP contribution in [0, 0.1) is 5.92 Å². The number of fused-ring (bicyclic) bond motifs is 1. The first-order valence-corrected chi connectivity index (χ1v) is 4.98. The van der Waals surface area contributed by atoms with Crippen LogP contribution in [0.3, 0.4) is 0 Å². The highest BCUT2D eigenvalue weighted by molar-refractivity contribution is 7.99. The molecule has 0 saturated carbocycles. The fourth-order valence-corrected chi connectivity index (χ4v) is 2.70. The van der Waals surface area contributed by atoms with E-state index < -0.39 is 0 Å². The van der Waals surface area contributed by atoms with Gasteiger partial charge in [0.2, 0.25) is 0 Å². The molecule has 1 nitrogen and oxygen atoms in total. The first-order valence-electron chi connectivity index (χ1n) is 3.83. The zero-order valence-corrected chi connectivity index (χ0v) is 6.77. The summed E-state index contributed by atoms with van der Waals surface area (Å²) in [5.74, 6) is 3.27. The monoisotopic (exact) mass is 156 g/mol. The van der Waals surface area contributed by atoms with Crippen LogP contribution in [0.25, 0.3) is 0 Å². The molecule has 0 spiro atoms. The molecule has 10 heavy (non-hydrogen) atoms. The van der Waals surface area contributed by atoms with Crippen molar-refractivity contribution in [3.05, 3.63) is 12.2 Å². The van der Waals surface area contributed by atoms with Crippen LogP contribution < -0.4 is 0 Å². The van der Waals surface area contributed by atoms with Gasteiger partial charge in [-0.05, 0) is 12.2 Å². The van der Waals surface area contributed by atoms with Crippen molar-refractivity contribution in [3.8, 4) is 0 Å². The first-order chi connectivity index (χ1) is 4.97. The van der Waals surface area contributed by atoms with E-state index in [9.17, 15) is 0 Å². The smallest absolute Gasteiger partial charge is 0.0657 e. The fourth-order valence-electron chi connectivity index (χ4n) is 1.54. The summed E-state index contributed by atoms with van der Waals surface area (Å²) >= 11 is 2.05. The molecule has 2 rings (SSSR count). The van der Waals surface area contributed by atoms with E-state index in [2.05, 4.69) is 12.2 Å². The summed E-state index contributed by atoms with van der Waals surface area (Å²) in [5.41, 5.74) is 0. The van der Waals surface area contributed by atoms with E-state index >= 15 is 0 Å². The minimum Gasteiger partial charge on any atom is -0.373 e. The molecule has 1 saturated heterocycles. The van der Waals surface area contributed by atoms with E-state index in [0.717, 1.165) is 6.61 Å². The molecule has 2 heterocycles. The van der Waals surface area contributed by atoms with Crippen molar-refractivity contribution < 1.29 is 4.74 Å². The predicted molar refractivity (Wildman–Crippen MR) is 44.3 cm³/mol. The molecule has 0 N–H and O–H groups in total. The Hall–Kier alpha value is 0.0500. The summed E-state index contributed by atoms with van der Waals surface area (Å²) in [6, 6.07) is 0. The van der Waals surface area contributed by atoms with E-state index in [1.165, 1.54) is 17.9 Å². The zero-order chi connectivity index (χ0) is 6.81. The van der Waals surface area contributed by atoms with Crippen molar-refractivity contribution in [2.45, 2.75) is 12.5 Å². The molecule has 2 heteroatoms. The van der Waals surface area contributed by atoms with Gasteiger partial charge in [-0.15, -0.1) is 0 Å². The Balaban J connectivity index is 2.03. The van der Waals surface area contributed by atoms with Crippen LogP contribution in [0.15, 0.2) is 12.2 Å². The third-order valence-corrected chi connectivity index (χ3v) is 3.27. The van der Waals surface area contributed by atoms with Gasteiger partial charge in [0.25, 0.3) is 0 Å². The highest BCUT2D eigenvalue weighted by Crippen LogP contribution is 2.28. The van der Waals surface area contributed by atoms with Gasteiger partial charge in [-0.1, -0.05) is 12.2 Å². The molecule has 0 radical (unpaired) electrons. The summed E-state index contributed by atoms with van der Waals surface area (Å²) in [7, 11) is 0. The second-order valence-corrected chi connectivity index (χ2v) is 3.98. The summed E-state index contributed by atoms with van der Waals surface area (Å²) in [5, 5.41) is 0. The van der Waals surface area contributed by atoms with Gasteiger partial charge < -0.3 is 4.74 Å². The minimum atomic E-state index is 0.547. The van der Waals surface area contributed by atoms with Crippen LogP contribution in [0.5, 0.6) is 0 Å². The largest absolute Gasteiger partial charge is 0.373 e. The van der Waals surface area contributed by atoms with Gasteiger partial charge in [0, 0.05) is 11.7 Å². The molecule has 1 fully saturated rings. The molecule has 0 aromatic heterocycles. The van der Waals surface area contributed by atoms with Crippen LogP contribution >= 0.6 is 11.8 Å². The van der Waals surface area contributed by atoms with Crippen molar-refractivity contribution in [3.63, 3.8) is 0 Å². The SMILES string of the molecule is C1=CC2CSCCC2OC1. The average Bonchev–Trinajstić information content (AvgIpc) is 2.05. The topological polar surface area (TPSA) is 9.23 Å². The fraction of sp³-hybridized carbons (Fsp3) is 0.750. The van der Waals surface area contributed by atoms with Gasteiger partial charge in [-0.3, -0.25) is 0 Å². The number of thioether (sulfide) groups is 1. The highest BCUT2D eigenvalue weighted by atomic mass is 32.2. The maximum Gasteiger partial charge on any atom is 0.0657 e. The van der Waals surface area contributed by atoms with Gasteiger partial charge in [-0.2, -0.15) is 11.8 Å². The maximum absolute atomic E-state index is 5.58. The molecule has 0 amide bonds. The summed E-state index contributed by atoms with van der Waals surface area (Å²) < 4.78 is 5.58. The van der Waals surface area contributed by atoms with E-state index in [4.69, 9.17) is 4.74 Å². The Morgan fingerprint density at radius 2 is 2.50 bits per heavy atom. The van der Waals surface area contributed by atoms with Crippen molar-refractivity contribution in [1.82, 2.24) is 0 Å². The highest BCUT2D eigenvalue weighted by Gasteiger charge is 2.25. The molecule has 0 aromatic carbocycles. The van der Waals surface area contributed by atoms with Gasteiger partial charge in [-0.25, -0.2) is 0 Å². The molecule has 56 valence electrons. The Labute approximate surface area is 65.8 Å². The minimum absolute atomic E-state index is 0.547. The number of hydrogen-bond donors (Lipinski definition) is 0. The van der Waals surface area contributed by atoms with Gasteiger partial charge in [0.1, 0.15) is 0 Å². The Morgan fingerprint density at radius 1 is 1.50 bits per heavy atom. The quantitative estimate of drug-likeness (QED) is 0.494. The van der Waals surface area contributed by atoms with E-state index in [-0.39, 0.29) is 0 Å². The van der Waals surface area contributed by atoms with Crippen LogP contribution in [0.2, 0.25) is 0 Å². The van der Waals surface area contributed by atoms with Crippen LogP contribution in [-0.2, 0) is 4.74 Å². The van der Waals surface area contributed by atoms with Crippen molar-refractivity contribution in [2.75, 3.05) is 18.1 Å². The van der Waals surface area contributed by atoms with Crippen LogP contribution in [0.4, 0.5) is 0 Å². The molecule has 2 unspecified atom stereocenters. The average molecular weight is 156 g/mol. The standard InChI is InChI=1S/C8H12OS/c1-2-7-6-10-5-3-8(7)9-4-1/h1-2,7-8H,3-6H2. The van der Waals surface area contributed by atoms with Gasteiger partial charge >= 0.3 is 0 Å². The molecule has 0 aliphatic carbocycles. The molecular formula is C8H12OS. The zero-order valence-electron chi connectivity index (χ0n) is 5.95. The first kappa shape index (κ1) is 6.74. The maximum atomic E-state index is 5.58. The third kappa shape index (κ3) is 1.23. The van der Waals surface area contributed by atoms with Crippen molar-refractivity contribution >= 4 is 11.8 Å². The lowest BCUT2D eigenvalue weighted by molar-refractivity contribution is 0.0358. The molecule has 2 atom stereocenters. The summed E-state index contributed by atoms with van der Waals surface area (Å²) in [6.07, 6.45) is 6.26. The molecule has 2 aliphatic heterocycles.